The molecule has 0 aliphatic carbocycles. The lowest BCUT2D eigenvalue weighted by Crippen LogP contribution is -2.39. The molecule has 1 rings (SSSR count). The summed E-state index contributed by atoms with van der Waals surface area (Å²) in [6, 6.07) is -0.431. The van der Waals surface area contributed by atoms with Crippen LogP contribution in [-0.4, -0.2) is 69.2 Å². The third-order valence-electron chi connectivity index (χ3n) is 2.95. The molecule has 1 aliphatic heterocycles. The van der Waals surface area contributed by atoms with Crippen molar-refractivity contribution in [2.24, 2.45) is 0 Å². The van der Waals surface area contributed by atoms with Crippen molar-refractivity contribution in [1.82, 2.24) is 4.90 Å². The summed E-state index contributed by atoms with van der Waals surface area (Å²) < 4.78 is 0. The third-order valence-corrected chi connectivity index (χ3v) is 2.95. The molecule has 94 valence electrons. The van der Waals surface area contributed by atoms with Crippen LogP contribution in [0.2, 0.25) is 0 Å². The molecule has 4 N–H and O–H groups in total. The fourth-order valence-electron chi connectivity index (χ4n) is 2.03. The van der Waals surface area contributed by atoms with E-state index in [9.17, 15) is 15.0 Å². The Hall–Kier alpha value is -0.690. The highest BCUT2D eigenvalue weighted by atomic mass is 16.4. The lowest BCUT2D eigenvalue weighted by Gasteiger charge is -2.23. The van der Waals surface area contributed by atoms with Gasteiger partial charge in [0.15, 0.2) is 0 Å². The molecular formula is C10H19NO5. The number of nitrogens with zero attached hydrogens (tertiary/aromatic N) is 1. The lowest BCUT2D eigenvalue weighted by molar-refractivity contribution is -0.137. The van der Waals surface area contributed by atoms with Crippen LogP contribution in [0.5, 0.6) is 0 Å². The van der Waals surface area contributed by atoms with Crippen LogP contribution in [0.25, 0.3) is 0 Å². The SMILES string of the molecule is O=C(O)CCCCN1C[C@@H](O)[C@H](O)[C@H]1CO. The summed E-state index contributed by atoms with van der Waals surface area (Å²) in [7, 11) is 0. The summed E-state index contributed by atoms with van der Waals surface area (Å²) in [4.78, 5) is 12.1. The molecule has 16 heavy (non-hydrogen) atoms. The summed E-state index contributed by atoms with van der Waals surface area (Å²) in [6.07, 6.45) is -0.359. The number of hydrogen-bond acceptors (Lipinski definition) is 5. The average Bonchev–Trinajstić information content (AvgIpc) is 2.49. The van der Waals surface area contributed by atoms with Crippen molar-refractivity contribution in [3.63, 3.8) is 0 Å². The quantitative estimate of drug-likeness (QED) is 0.423. The highest BCUT2D eigenvalue weighted by molar-refractivity contribution is 5.66. The Morgan fingerprint density at radius 3 is 2.56 bits per heavy atom. The molecule has 1 aliphatic rings. The normalized spacial score (nSPS) is 30.8. The fourth-order valence-corrected chi connectivity index (χ4v) is 2.03. The van der Waals surface area contributed by atoms with E-state index in [0.717, 1.165) is 0 Å². The molecule has 0 aromatic heterocycles. The second kappa shape index (κ2) is 6.15. The molecule has 6 heteroatoms. The van der Waals surface area contributed by atoms with Gasteiger partial charge in [0.2, 0.25) is 0 Å². The summed E-state index contributed by atoms with van der Waals surface area (Å²) in [5, 5.41) is 36.5. The largest absolute Gasteiger partial charge is 0.481 e. The highest BCUT2D eigenvalue weighted by Gasteiger charge is 2.38. The number of carbonyl (C=O) groups is 1. The first-order valence-corrected chi connectivity index (χ1v) is 5.49. The van der Waals surface area contributed by atoms with Crippen molar-refractivity contribution in [2.75, 3.05) is 19.7 Å². The molecule has 3 atom stereocenters. The van der Waals surface area contributed by atoms with Gasteiger partial charge in [-0.1, -0.05) is 0 Å². The van der Waals surface area contributed by atoms with E-state index in [2.05, 4.69) is 0 Å². The summed E-state index contributed by atoms with van der Waals surface area (Å²) in [5.74, 6) is -0.819. The predicted molar refractivity (Wildman–Crippen MR) is 55.9 cm³/mol. The highest BCUT2D eigenvalue weighted by Crippen LogP contribution is 2.18. The van der Waals surface area contributed by atoms with Gasteiger partial charge in [0.25, 0.3) is 0 Å². The van der Waals surface area contributed by atoms with Crippen molar-refractivity contribution in [2.45, 2.75) is 37.5 Å². The van der Waals surface area contributed by atoms with E-state index in [0.29, 0.717) is 25.9 Å². The van der Waals surface area contributed by atoms with E-state index in [1.165, 1.54) is 0 Å². The average molecular weight is 233 g/mol. The zero-order chi connectivity index (χ0) is 12.1. The minimum absolute atomic E-state index is 0.128. The molecule has 0 saturated carbocycles. The van der Waals surface area contributed by atoms with Crippen molar-refractivity contribution in [1.29, 1.82) is 0 Å². The zero-order valence-electron chi connectivity index (χ0n) is 9.12. The number of rotatable bonds is 6. The lowest BCUT2D eigenvalue weighted by atomic mass is 10.1. The Morgan fingerprint density at radius 2 is 2.00 bits per heavy atom. The number of aliphatic hydroxyl groups is 3. The Bertz CT molecular complexity index is 235. The number of likely N-dealkylation sites (tertiary alicyclic amines) is 1. The first-order chi connectivity index (χ1) is 7.56. The van der Waals surface area contributed by atoms with Crippen molar-refractivity contribution in [3.8, 4) is 0 Å². The molecule has 0 amide bonds. The Labute approximate surface area is 94.1 Å². The van der Waals surface area contributed by atoms with E-state index in [-0.39, 0.29) is 13.0 Å². The number of unbranched alkanes of at least 4 members (excludes halogenated alkanes) is 1. The Balaban J connectivity index is 2.28. The van der Waals surface area contributed by atoms with E-state index in [1.54, 1.807) is 4.90 Å². The van der Waals surface area contributed by atoms with Gasteiger partial charge in [0.05, 0.1) is 24.9 Å². The first-order valence-electron chi connectivity index (χ1n) is 5.49. The van der Waals surface area contributed by atoms with Gasteiger partial charge in [0.1, 0.15) is 0 Å². The fraction of sp³-hybridized carbons (Fsp3) is 0.900. The molecule has 0 bridgehead atoms. The molecule has 0 radical (unpaired) electrons. The topological polar surface area (TPSA) is 101 Å². The van der Waals surface area contributed by atoms with Crippen molar-refractivity contribution >= 4 is 5.97 Å². The van der Waals surface area contributed by atoms with Gasteiger partial charge in [-0.05, 0) is 19.4 Å². The predicted octanol–water partition coefficient (Wildman–Crippen LogP) is -1.36. The maximum Gasteiger partial charge on any atom is 0.303 e. The van der Waals surface area contributed by atoms with Crippen LogP contribution in [0.1, 0.15) is 19.3 Å². The molecule has 1 heterocycles. The van der Waals surface area contributed by atoms with E-state index >= 15 is 0 Å². The summed E-state index contributed by atoms with van der Waals surface area (Å²) >= 11 is 0. The van der Waals surface area contributed by atoms with Gasteiger partial charge in [-0.25, -0.2) is 0 Å². The van der Waals surface area contributed by atoms with Crippen LogP contribution in [0.4, 0.5) is 0 Å². The van der Waals surface area contributed by atoms with Crippen molar-refractivity contribution in [3.05, 3.63) is 0 Å². The van der Waals surface area contributed by atoms with Crippen LogP contribution < -0.4 is 0 Å². The van der Waals surface area contributed by atoms with Gasteiger partial charge in [-0.3, -0.25) is 9.69 Å². The molecule has 1 fully saturated rings. The molecule has 0 spiro atoms. The smallest absolute Gasteiger partial charge is 0.303 e. The number of carboxylic acid groups (broad SMARTS) is 1. The van der Waals surface area contributed by atoms with Gasteiger partial charge in [-0.15, -0.1) is 0 Å². The first kappa shape index (κ1) is 13.4. The van der Waals surface area contributed by atoms with Gasteiger partial charge < -0.3 is 20.4 Å². The maximum absolute atomic E-state index is 10.3. The number of aliphatic hydroxyl groups excluding tert-OH is 3. The second-order valence-electron chi connectivity index (χ2n) is 4.15. The third kappa shape index (κ3) is 3.41. The molecular weight excluding hydrogens is 214 g/mol. The number of carboxylic acids is 1. The minimum Gasteiger partial charge on any atom is -0.481 e. The minimum atomic E-state index is -0.913. The Kier molecular flexibility index (Phi) is 5.14. The molecule has 0 aromatic rings. The maximum atomic E-state index is 10.3. The summed E-state index contributed by atoms with van der Waals surface area (Å²) in [5.41, 5.74) is 0. The molecule has 0 aromatic carbocycles. The number of β-amino-alcohol motifs (C(OH)–C–C–N with tert-alkyl or cyclic N) is 1. The van der Waals surface area contributed by atoms with Gasteiger partial charge in [0, 0.05) is 13.0 Å². The van der Waals surface area contributed by atoms with E-state index < -0.39 is 24.2 Å². The summed E-state index contributed by atoms with van der Waals surface area (Å²) in [6.45, 7) is 0.725. The molecule has 6 nitrogen and oxygen atoms in total. The number of hydrogen-bond donors (Lipinski definition) is 4. The van der Waals surface area contributed by atoms with E-state index in [4.69, 9.17) is 10.2 Å². The van der Waals surface area contributed by atoms with Crippen LogP contribution >= 0.6 is 0 Å². The van der Waals surface area contributed by atoms with Gasteiger partial charge >= 0.3 is 5.97 Å². The molecule has 1 saturated heterocycles. The molecule has 0 unspecified atom stereocenters. The monoisotopic (exact) mass is 233 g/mol. The standard InChI is InChI=1S/C10H19NO5/c12-6-7-10(16)8(13)5-11(7)4-2-1-3-9(14)15/h7-8,10,12-13,16H,1-6H2,(H,14,15)/t7-,8-,10-/m1/s1. The van der Waals surface area contributed by atoms with Crippen LogP contribution in [0.3, 0.4) is 0 Å². The Morgan fingerprint density at radius 1 is 1.31 bits per heavy atom. The van der Waals surface area contributed by atoms with Gasteiger partial charge in [-0.2, -0.15) is 0 Å². The van der Waals surface area contributed by atoms with Crippen LogP contribution in [0, 0.1) is 0 Å². The zero-order valence-corrected chi connectivity index (χ0v) is 9.12. The second-order valence-corrected chi connectivity index (χ2v) is 4.15. The van der Waals surface area contributed by atoms with Crippen molar-refractivity contribution < 1.29 is 25.2 Å². The van der Waals surface area contributed by atoms with Crippen LogP contribution in [0.15, 0.2) is 0 Å². The van der Waals surface area contributed by atoms with E-state index in [1.807, 2.05) is 0 Å². The number of aliphatic carboxylic acids is 1. The van der Waals surface area contributed by atoms with Crippen LogP contribution in [-0.2, 0) is 4.79 Å².